The molecule has 0 heterocycles. The number of thioether (sulfide) groups is 1. The first kappa shape index (κ1) is 12.1. The van der Waals surface area contributed by atoms with E-state index in [1.165, 1.54) is 4.90 Å². The molecular weight excluding hydrogens is 208 g/mol. The Morgan fingerprint density at radius 3 is 2.60 bits per heavy atom. The fourth-order valence-corrected chi connectivity index (χ4v) is 1.94. The predicted molar refractivity (Wildman–Crippen MR) is 63.0 cm³/mol. The van der Waals surface area contributed by atoms with Crippen LogP contribution >= 0.6 is 11.8 Å². The first-order chi connectivity index (χ1) is 7.18. The van der Waals surface area contributed by atoms with Gasteiger partial charge in [-0.3, -0.25) is 4.79 Å². The van der Waals surface area contributed by atoms with Crippen LogP contribution in [0.25, 0.3) is 0 Å². The van der Waals surface area contributed by atoms with Gasteiger partial charge in [0, 0.05) is 10.6 Å². The van der Waals surface area contributed by atoms with E-state index in [0.29, 0.717) is 6.42 Å². The van der Waals surface area contributed by atoms with Crippen LogP contribution in [0.3, 0.4) is 0 Å². The largest absolute Gasteiger partial charge is 0.463 e. The molecule has 0 bridgehead atoms. The third-order valence-corrected chi connectivity index (χ3v) is 2.70. The zero-order chi connectivity index (χ0) is 11.1. The Morgan fingerprint density at radius 1 is 1.33 bits per heavy atom. The normalized spacial score (nSPS) is 10.3. The summed E-state index contributed by atoms with van der Waals surface area (Å²) in [6.07, 6.45) is 0.455. The molecule has 0 N–H and O–H groups in total. The van der Waals surface area contributed by atoms with Crippen molar-refractivity contribution in [1.29, 1.82) is 0 Å². The van der Waals surface area contributed by atoms with Crippen molar-refractivity contribution in [3.8, 4) is 0 Å². The van der Waals surface area contributed by atoms with Gasteiger partial charge >= 0.3 is 5.97 Å². The minimum absolute atomic E-state index is 0.0146. The molecule has 0 saturated carbocycles. The van der Waals surface area contributed by atoms with Gasteiger partial charge in [-0.05, 0) is 26.0 Å². The molecule has 15 heavy (non-hydrogen) atoms. The third kappa shape index (κ3) is 5.47. The SMILES string of the molecule is CC(C)OC(=O)CCSc1ccccc1. The lowest BCUT2D eigenvalue weighted by molar-refractivity contribution is -0.146. The van der Waals surface area contributed by atoms with E-state index in [1.54, 1.807) is 11.8 Å². The van der Waals surface area contributed by atoms with Crippen molar-refractivity contribution in [3.63, 3.8) is 0 Å². The number of benzene rings is 1. The fourth-order valence-electron chi connectivity index (χ4n) is 1.09. The maximum absolute atomic E-state index is 11.2. The van der Waals surface area contributed by atoms with Crippen molar-refractivity contribution < 1.29 is 9.53 Å². The third-order valence-electron chi connectivity index (χ3n) is 1.69. The average Bonchev–Trinajstić information content (AvgIpc) is 2.18. The van der Waals surface area contributed by atoms with Crippen LogP contribution in [0, 0.1) is 0 Å². The summed E-state index contributed by atoms with van der Waals surface area (Å²) in [5.41, 5.74) is 0. The van der Waals surface area contributed by atoms with Crippen LogP contribution in [0.1, 0.15) is 20.3 Å². The lowest BCUT2D eigenvalue weighted by Gasteiger charge is -2.07. The topological polar surface area (TPSA) is 26.3 Å². The summed E-state index contributed by atoms with van der Waals surface area (Å²) in [5.74, 6) is 0.656. The fraction of sp³-hybridized carbons (Fsp3) is 0.417. The summed E-state index contributed by atoms with van der Waals surface area (Å²) in [4.78, 5) is 12.4. The van der Waals surface area contributed by atoms with Crippen molar-refractivity contribution >= 4 is 17.7 Å². The molecule has 1 rings (SSSR count). The maximum Gasteiger partial charge on any atom is 0.306 e. The van der Waals surface area contributed by atoms with Gasteiger partial charge in [0.05, 0.1) is 12.5 Å². The summed E-state index contributed by atoms with van der Waals surface area (Å²) in [5, 5.41) is 0. The molecule has 0 unspecified atom stereocenters. The van der Waals surface area contributed by atoms with Gasteiger partial charge in [-0.15, -0.1) is 11.8 Å². The standard InChI is InChI=1S/C12H16O2S/c1-10(2)14-12(13)8-9-15-11-6-4-3-5-7-11/h3-7,10H,8-9H2,1-2H3. The van der Waals surface area contributed by atoms with E-state index in [4.69, 9.17) is 4.74 Å². The van der Waals surface area contributed by atoms with Gasteiger partial charge in [-0.25, -0.2) is 0 Å². The van der Waals surface area contributed by atoms with Gasteiger partial charge in [0.2, 0.25) is 0 Å². The second-order valence-electron chi connectivity index (χ2n) is 3.45. The van der Waals surface area contributed by atoms with Crippen LogP contribution < -0.4 is 0 Å². The summed E-state index contributed by atoms with van der Waals surface area (Å²) < 4.78 is 5.04. The van der Waals surface area contributed by atoms with Gasteiger partial charge < -0.3 is 4.74 Å². The summed E-state index contributed by atoms with van der Waals surface area (Å²) in [6.45, 7) is 3.73. The number of carbonyl (C=O) groups excluding carboxylic acids is 1. The lowest BCUT2D eigenvalue weighted by atomic mass is 10.4. The van der Waals surface area contributed by atoms with Crippen molar-refractivity contribution in [1.82, 2.24) is 0 Å². The van der Waals surface area contributed by atoms with E-state index in [1.807, 2.05) is 44.2 Å². The highest BCUT2D eigenvalue weighted by Crippen LogP contribution is 2.17. The van der Waals surface area contributed by atoms with Crippen molar-refractivity contribution in [2.24, 2.45) is 0 Å². The lowest BCUT2D eigenvalue weighted by Crippen LogP contribution is -2.11. The van der Waals surface area contributed by atoms with Crippen molar-refractivity contribution in [2.75, 3.05) is 5.75 Å². The number of rotatable bonds is 5. The molecule has 0 fully saturated rings. The summed E-state index contributed by atoms with van der Waals surface area (Å²) in [6, 6.07) is 10.1. The van der Waals surface area contributed by atoms with Crippen LogP contribution in [0.4, 0.5) is 0 Å². The van der Waals surface area contributed by atoms with Crippen LogP contribution in [0.2, 0.25) is 0 Å². The minimum atomic E-state index is -0.117. The molecule has 0 amide bonds. The molecular formula is C12H16O2S. The van der Waals surface area contributed by atoms with Gasteiger partial charge in [-0.2, -0.15) is 0 Å². The first-order valence-corrected chi connectivity index (χ1v) is 6.04. The average molecular weight is 224 g/mol. The summed E-state index contributed by atoms with van der Waals surface area (Å²) in [7, 11) is 0. The molecule has 1 aromatic carbocycles. The van der Waals surface area contributed by atoms with E-state index in [-0.39, 0.29) is 12.1 Å². The molecule has 0 saturated heterocycles. The Bertz CT molecular complexity index is 296. The van der Waals surface area contributed by atoms with Crippen LogP contribution in [-0.4, -0.2) is 17.8 Å². The molecule has 0 radical (unpaired) electrons. The molecule has 0 aliphatic heterocycles. The maximum atomic E-state index is 11.2. The first-order valence-electron chi connectivity index (χ1n) is 5.06. The molecule has 0 aromatic heterocycles. The molecule has 0 aliphatic carbocycles. The Labute approximate surface area is 95.0 Å². The highest BCUT2D eigenvalue weighted by molar-refractivity contribution is 7.99. The molecule has 82 valence electrons. The molecule has 3 heteroatoms. The van der Waals surface area contributed by atoms with E-state index < -0.39 is 0 Å². The predicted octanol–water partition coefficient (Wildman–Crippen LogP) is 3.12. The quantitative estimate of drug-likeness (QED) is 0.568. The van der Waals surface area contributed by atoms with Crippen molar-refractivity contribution in [3.05, 3.63) is 30.3 Å². The van der Waals surface area contributed by atoms with E-state index in [9.17, 15) is 4.79 Å². The highest BCUT2D eigenvalue weighted by Gasteiger charge is 2.04. The number of hydrogen-bond donors (Lipinski definition) is 0. The molecule has 0 aliphatic rings. The molecule has 1 aromatic rings. The number of esters is 1. The van der Waals surface area contributed by atoms with Crippen molar-refractivity contribution in [2.45, 2.75) is 31.3 Å². The zero-order valence-corrected chi connectivity index (χ0v) is 9.92. The minimum Gasteiger partial charge on any atom is -0.463 e. The molecule has 0 atom stereocenters. The Kier molecular flexibility index (Phi) is 5.26. The smallest absolute Gasteiger partial charge is 0.306 e. The summed E-state index contributed by atoms with van der Waals surface area (Å²) >= 11 is 1.68. The van der Waals surface area contributed by atoms with Gasteiger partial charge in [-0.1, -0.05) is 18.2 Å². The number of carbonyl (C=O) groups is 1. The van der Waals surface area contributed by atoms with Gasteiger partial charge in [0.1, 0.15) is 0 Å². The monoisotopic (exact) mass is 224 g/mol. The highest BCUT2D eigenvalue weighted by atomic mass is 32.2. The van der Waals surface area contributed by atoms with E-state index in [0.717, 1.165) is 5.75 Å². The number of ether oxygens (including phenoxy) is 1. The zero-order valence-electron chi connectivity index (χ0n) is 9.10. The Morgan fingerprint density at radius 2 is 2.00 bits per heavy atom. The van der Waals surface area contributed by atoms with E-state index in [2.05, 4.69) is 0 Å². The Balaban J connectivity index is 2.19. The molecule has 0 spiro atoms. The second kappa shape index (κ2) is 6.51. The van der Waals surface area contributed by atoms with Crippen LogP contribution in [0.15, 0.2) is 35.2 Å². The van der Waals surface area contributed by atoms with Gasteiger partial charge in [0.15, 0.2) is 0 Å². The second-order valence-corrected chi connectivity index (χ2v) is 4.62. The Hall–Kier alpha value is -0.960. The molecule has 2 nitrogen and oxygen atoms in total. The van der Waals surface area contributed by atoms with Crippen LogP contribution in [-0.2, 0) is 9.53 Å². The van der Waals surface area contributed by atoms with Gasteiger partial charge in [0.25, 0.3) is 0 Å². The number of hydrogen-bond acceptors (Lipinski definition) is 3. The van der Waals surface area contributed by atoms with Crippen LogP contribution in [0.5, 0.6) is 0 Å². The van der Waals surface area contributed by atoms with E-state index >= 15 is 0 Å².